The van der Waals surface area contributed by atoms with Gasteiger partial charge in [0, 0.05) is 42.4 Å². The van der Waals surface area contributed by atoms with Gasteiger partial charge < -0.3 is 10.1 Å². The van der Waals surface area contributed by atoms with E-state index < -0.39 is 0 Å². The van der Waals surface area contributed by atoms with Crippen molar-refractivity contribution in [3.05, 3.63) is 27.7 Å². The molecule has 3 nitrogen and oxygen atoms in total. The largest absolute Gasteiger partial charge is 0.388 e. The Hall–Kier alpha value is -0.870. The number of ether oxygens (including phenoxy) is 1. The molecule has 88 valence electrons. The molecule has 0 saturated heterocycles. The number of rotatable bonds is 1. The molecule has 0 aromatic heterocycles. The highest BCUT2D eigenvalue weighted by atomic mass is 79.9. The van der Waals surface area contributed by atoms with Crippen molar-refractivity contribution >= 4 is 27.9 Å². The molecule has 1 atom stereocenters. The van der Waals surface area contributed by atoms with E-state index in [-0.39, 0.29) is 0 Å². The summed E-state index contributed by atoms with van der Waals surface area (Å²) in [5.74, 6) is 0.434. The lowest BCUT2D eigenvalue weighted by molar-refractivity contribution is 0.112. The normalized spacial score (nSPS) is 16.9. The summed E-state index contributed by atoms with van der Waals surface area (Å²) in [6.07, 6.45) is 0.924. The van der Waals surface area contributed by atoms with Crippen LogP contribution in [0.2, 0.25) is 0 Å². The first-order valence-electron chi connectivity index (χ1n) is 5.06. The monoisotopic (exact) mass is 285 g/mol. The number of fused-ring (bicyclic) bond motifs is 1. The highest BCUT2D eigenvalue weighted by molar-refractivity contribution is 9.10. The molecule has 0 radical (unpaired) electrons. The molecular formula is C12H16BrNO2. The molecule has 2 rings (SSSR count). The fraction of sp³-hybridized carbons (Fsp3) is 0.417. The molecule has 0 fully saturated rings. The number of halogens is 1. The number of hydrogen-bond acceptors (Lipinski definition) is 3. The van der Waals surface area contributed by atoms with Crippen molar-refractivity contribution in [3.8, 4) is 0 Å². The second-order valence-corrected chi connectivity index (χ2v) is 4.68. The highest BCUT2D eigenvalue weighted by Gasteiger charge is 2.21. The van der Waals surface area contributed by atoms with E-state index in [9.17, 15) is 4.79 Å². The minimum Gasteiger partial charge on any atom is -0.388 e. The molecule has 0 amide bonds. The number of methoxy groups -OCH3 is 1. The van der Waals surface area contributed by atoms with Crippen LogP contribution < -0.4 is 5.32 Å². The maximum atomic E-state index is 10.8. The lowest BCUT2D eigenvalue weighted by Gasteiger charge is -2.06. The zero-order chi connectivity index (χ0) is 12.1. The summed E-state index contributed by atoms with van der Waals surface area (Å²) in [5.41, 5.74) is 3.03. The molecule has 0 spiro atoms. The number of nitrogens with one attached hydrogen (secondary N) is 1. The summed E-state index contributed by atoms with van der Waals surface area (Å²) >= 11 is 3.38. The smallest absolute Gasteiger partial charge is 0.150 e. The van der Waals surface area contributed by atoms with Crippen molar-refractivity contribution in [2.24, 2.45) is 0 Å². The Bertz CT molecular complexity index is 380. The molecule has 1 aliphatic heterocycles. The minimum absolute atomic E-state index is 0.434. The number of benzene rings is 1. The Morgan fingerprint density at radius 3 is 2.69 bits per heavy atom. The first kappa shape index (κ1) is 13.2. The van der Waals surface area contributed by atoms with Gasteiger partial charge >= 0.3 is 0 Å². The van der Waals surface area contributed by atoms with Crippen LogP contribution in [-0.4, -0.2) is 27.1 Å². The van der Waals surface area contributed by atoms with Crippen LogP contribution in [0.3, 0.4) is 0 Å². The van der Waals surface area contributed by atoms with E-state index in [1.807, 2.05) is 12.1 Å². The Morgan fingerprint density at radius 2 is 2.12 bits per heavy atom. The zero-order valence-corrected chi connectivity index (χ0v) is 11.3. The molecule has 4 heteroatoms. The average Bonchev–Trinajstić information content (AvgIpc) is 2.60. The number of carbonyl (C=O) groups excluding carboxylic acids is 1. The molecule has 16 heavy (non-hydrogen) atoms. The van der Waals surface area contributed by atoms with Gasteiger partial charge in [0.15, 0.2) is 0 Å². The van der Waals surface area contributed by atoms with Crippen LogP contribution in [0.4, 0.5) is 5.69 Å². The third-order valence-electron chi connectivity index (χ3n) is 2.40. The van der Waals surface area contributed by atoms with Gasteiger partial charge in [0.05, 0.1) is 0 Å². The van der Waals surface area contributed by atoms with Gasteiger partial charge in [-0.2, -0.15) is 0 Å². The summed E-state index contributed by atoms with van der Waals surface area (Å²) in [6, 6.07) is 3.89. The van der Waals surface area contributed by atoms with Crippen molar-refractivity contribution in [3.63, 3.8) is 0 Å². The van der Waals surface area contributed by atoms with Gasteiger partial charge in [-0.1, -0.05) is 22.9 Å². The van der Waals surface area contributed by atoms with Gasteiger partial charge in [0.2, 0.25) is 0 Å². The van der Waals surface area contributed by atoms with E-state index in [4.69, 9.17) is 0 Å². The maximum Gasteiger partial charge on any atom is 0.150 e. The van der Waals surface area contributed by atoms with Crippen LogP contribution in [0.25, 0.3) is 0 Å². The molecule has 1 unspecified atom stereocenters. The number of anilines is 1. The van der Waals surface area contributed by atoms with Gasteiger partial charge in [0.1, 0.15) is 6.29 Å². The standard InChI is InChI=1S/C10H10BrNO.C2H6O/c1-6-4-12-9-3-8(11)2-7(5-13)10(6)9;1-3-2/h2-3,5-6,12H,4H2,1H3;1-2H3. The van der Waals surface area contributed by atoms with Crippen LogP contribution >= 0.6 is 15.9 Å². The van der Waals surface area contributed by atoms with Gasteiger partial charge in [-0.05, 0) is 17.7 Å². The highest BCUT2D eigenvalue weighted by Crippen LogP contribution is 2.35. The second-order valence-electron chi connectivity index (χ2n) is 3.76. The Kier molecular flexibility index (Phi) is 4.96. The summed E-state index contributed by atoms with van der Waals surface area (Å²) in [6.45, 7) is 3.05. The molecule has 1 aromatic carbocycles. The van der Waals surface area contributed by atoms with Crippen molar-refractivity contribution < 1.29 is 9.53 Å². The van der Waals surface area contributed by atoms with Crippen LogP contribution in [0, 0.1) is 0 Å². The van der Waals surface area contributed by atoms with Crippen LogP contribution in [0.15, 0.2) is 16.6 Å². The Morgan fingerprint density at radius 1 is 1.50 bits per heavy atom. The van der Waals surface area contributed by atoms with Crippen molar-refractivity contribution in [2.45, 2.75) is 12.8 Å². The number of hydrogen-bond donors (Lipinski definition) is 1. The fourth-order valence-corrected chi connectivity index (χ4v) is 2.27. The van der Waals surface area contributed by atoms with Gasteiger partial charge in [0.25, 0.3) is 0 Å². The number of carbonyl (C=O) groups is 1. The number of aldehydes is 1. The van der Waals surface area contributed by atoms with E-state index in [1.54, 1.807) is 14.2 Å². The lowest BCUT2D eigenvalue weighted by Crippen LogP contribution is -1.97. The molecule has 1 heterocycles. The first-order chi connectivity index (χ1) is 7.63. The summed E-state index contributed by atoms with van der Waals surface area (Å²) in [5, 5.41) is 3.28. The molecule has 1 aromatic rings. The summed E-state index contributed by atoms with van der Waals surface area (Å²) in [7, 11) is 3.25. The quantitative estimate of drug-likeness (QED) is 0.806. The predicted octanol–water partition coefficient (Wildman–Crippen LogP) is 3.05. The third kappa shape index (κ3) is 2.83. The van der Waals surface area contributed by atoms with Crippen LogP contribution in [0.5, 0.6) is 0 Å². The Balaban J connectivity index is 0.000000386. The van der Waals surface area contributed by atoms with Gasteiger partial charge in [-0.25, -0.2) is 0 Å². The fourth-order valence-electron chi connectivity index (χ4n) is 1.80. The Labute approximate surface area is 104 Å². The van der Waals surface area contributed by atoms with E-state index in [0.29, 0.717) is 5.92 Å². The maximum absolute atomic E-state index is 10.8. The van der Waals surface area contributed by atoms with E-state index >= 15 is 0 Å². The summed E-state index contributed by atoms with van der Waals surface area (Å²) in [4.78, 5) is 10.8. The second kappa shape index (κ2) is 6.01. The molecule has 1 N–H and O–H groups in total. The lowest BCUT2D eigenvalue weighted by atomic mass is 9.98. The molecule has 0 aliphatic carbocycles. The average molecular weight is 286 g/mol. The predicted molar refractivity (Wildman–Crippen MR) is 69.4 cm³/mol. The topological polar surface area (TPSA) is 38.3 Å². The summed E-state index contributed by atoms with van der Waals surface area (Å²) < 4.78 is 5.20. The zero-order valence-electron chi connectivity index (χ0n) is 9.71. The van der Waals surface area contributed by atoms with Crippen molar-refractivity contribution in [1.29, 1.82) is 0 Å². The minimum atomic E-state index is 0.434. The van der Waals surface area contributed by atoms with E-state index in [2.05, 4.69) is 32.9 Å². The first-order valence-corrected chi connectivity index (χ1v) is 5.86. The molecular weight excluding hydrogens is 270 g/mol. The third-order valence-corrected chi connectivity index (χ3v) is 2.85. The van der Waals surface area contributed by atoms with Crippen molar-refractivity contribution in [1.82, 2.24) is 0 Å². The van der Waals surface area contributed by atoms with Gasteiger partial charge in [-0.3, -0.25) is 4.79 Å². The molecule has 0 saturated carbocycles. The SMILES string of the molecule is CC1CNc2cc(Br)cc(C=O)c21.COC. The molecule has 1 aliphatic rings. The van der Waals surface area contributed by atoms with Crippen LogP contribution in [-0.2, 0) is 4.74 Å². The van der Waals surface area contributed by atoms with E-state index in [1.165, 1.54) is 0 Å². The van der Waals surface area contributed by atoms with Gasteiger partial charge in [-0.15, -0.1) is 0 Å². The van der Waals surface area contributed by atoms with Crippen LogP contribution in [0.1, 0.15) is 28.8 Å². The van der Waals surface area contributed by atoms with E-state index in [0.717, 1.165) is 34.1 Å². The van der Waals surface area contributed by atoms with Crippen molar-refractivity contribution in [2.75, 3.05) is 26.1 Å². The molecule has 0 bridgehead atoms.